The molecule has 0 bridgehead atoms. The fraction of sp³-hybridized carbons (Fsp3) is 0.0400. The average Bonchev–Trinajstić information content (AvgIpc) is 3.30. The van der Waals surface area contributed by atoms with Gasteiger partial charge in [0.1, 0.15) is 5.76 Å². The van der Waals surface area contributed by atoms with Crippen LogP contribution in [0.2, 0.25) is 0 Å². The first-order valence-corrected chi connectivity index (χ1v) is 10.8. The largest absolute Gasteiger partial charge is 0.455 e. The second-order valence-electron chi connectivity index (χ2n) is 7.17. The lowest BCUT2D eigenvalue weighted by Gasteiger charge is -2.10. The molecule has 156 valence electrons. The summed E-state index contributed by atoms with van der Waals surface area (Å²) in [4.78, 5) is 34.7. The van der Waals surface area contributed by atoms with Crippen molar-refractivity contribution in [3.63, 3.8) is 0 Å². The van der Waals surface area contributed by atoms with E-state index in [4.69, 9.17) is 4.42 Å². The van der Waals surface area contributed by atoms with Crippen molar-refractivity contribution in [2.24, 2.45) is 0 Å². The number of anilines is 1. The molecule has 0 radical (unpaired) electrons. The number of hydrogen-bond donors (Lipinski definition) is 1. The fourth-order valence-electron chi connectivity index (χ4n) is 3.50. The maximum absolute atomic E-state index is 13.1. The summed E-state index contributed by atoms with van der Waals surface area (Å²) < 4.78 is 6.14. The lowest BCUT2D eigenvalue weighted by atomic mass is 10.0. The van der Waals surface area contributed by atoms with Crippen molar-refractivity contribution in [3.05, 3.63) is 99.8 Å². The molecule has 0 saturated heterocycles. The van der Waals surface area contributed by atoms with Crippen LogP contribution < -0.4 is 10.7 Å². The summed E-state index contributed by atoms with van der Waals surface area (Å²) in [5.41, 5.74) is 3.24. The molecule has 0 aliphatic carbocycles. The molecule has 0 atom stereocenters. The average molecular weight is 439 g/mol. The zero-order chi connectivity index (χ0) is 22.1. The van der Waals surface area contributed by atoms with Crippen LogP contribution in [0.25, 0.3) is 33.6 Å². The van der Waals surface area contributed by atoms with Crippen LogP contribution in [0.15, 0.2) is 87.6 Å². The lowest BCUT2D eigenvalue weighted by Crippen LogP contribution is -2.14. The molecule has 5 aromatic rings. The highest BCUT2D eigenvalue weighted by atomic mass is 32.1. The maximum atomic E-state index is 13.1. The molecule has 1 N–H and O–H groups in total. The van der Waals surface area contributed by atoms with Gasteiger partial charge in [-0.3, -0.25) is 19.9 Å². The summed E-state index contributed by atoms with van der Waals surface area (Å²) in [6.45, 7) is 1.73. The van der Waals surface area contributed by atoms with Gasteiger partial charge < -0.3 is 4.42 Å². The number of nitrogens with one attached hydrogen (secondary N) is 1. The quantitative estimate of drug-likeness (QED) is 0.397. The number of carbonyl (C=O) groups is 1. The number of aromatic nitrogens is 2. The molecular formula is C25H17N3O3S. The van der Waals surface area contributed by atoms with Gasteiger partial charge in [0, 0.05) is 34.5 Å². The van der Waals surface area contributed by atoms with Gasteiger partial charge in [0.25, 0.3) is 5.91 Å². The zero-order valence-electron chi connectivity index (χ0n) is 17.0. The maximum Gasteiger partial charge on any atom is 0.261 e. The Morgan fingerprint density at radius 1 is 1.00 bits per heavy atom. The highest BCUT2D eigenvalue weighted by Gasteiger charge is 2.19. The van der Waals surface area contributed by atoms with E-state index in [0.29, 0.717) is 21.8 Å². The minimum atomic E-state index is -0.395. The Balaban J connectivity index is 1.54. The number of nitrogens with zero attached hydrogens (tertiary/aromatic N) is 2. The number of hydrogen-bond acceptors (Lipinski definition) is 6. The molecule has 5 rings (SSSR count). The van der Waals surface area contributed by atoms with Crippen molar-refractivity contribution in [3.8, 4) is 22.6 Å². The zero-order valence-corrected chi connectivity index (χ0v) is 17.8. The van der Waals surface area contributed by atoms with Gasteiger partial charge in [0.05, 0.1) is 16.6 Å². The Hall–Kier alpha value is -4.10. The Morgan fingerprint density at radius 3 is 2.59 bits per heavy atom. The van der Waals surface area contributed by atoms with Gasteiger partial charge >= 0.3 is 0 Å². The third-order valence-corrected chi connectivity index (χ3v) is 5.87. The minimum absolute atomic E-state index is 0.159. The van der Waals surface area contributed by atoms with Gasteiger partial charge in [-0.25, -0.2) is 4.98 Å². The molecule has 0 unspecified atom stereocenters. The normalized spacial score (nSPS) is 10.9. The van der Waals surface area contributed by atoms with Gasteiger partial charge in [-0.1, -0.05) is 36.4 Å². The Kier molecular flexibility index (Phi) is 5.09. The van der Waals surface area contributed by atoms with Gasteiger partial charge in [-0.2, -0.15) is 0 Å². The van der Waals surface area contributed by atoms with Crippen molar-refractivity contribution in [2.45, 2.75) is 6.92 Å². The van der Waals surface area contributed by atoms with Crippen LogP contribution in [-0.4, -0.2) is 15.9 Å². The third-order valence-electron chi connectivity index (χ3n) is 5.11. The van der Waals surface area contributed by atoms with E-state index in [0.717, 1.165) is 16.8 Å². The summed E-state index contributed by atoms with van der Waals surface area (Å²) in [6.07, 6.45) is 3.41. The predicted molar refractivity (Wildman–Crippen MR) is 126 cm³/mol. The van der Waals surface area contributed by atoms with Crippen LogP contribution in [0, 0.1) is 6.92 Å². The summed E-state index contributed by atoms with van der Waals surface area (Å²) in [7, 11) is 0. The molecule has 3 aromatic heterocycles. The smallest absolute Gasteiger partial charge is 0.261 e. The Bertz CT molecular complexity index is 1490. The van der Waals surface area contributed by atoms with E-state index in [1.165, 1.54) is 11.3 Å². The van der Waals surface area contributed by atoms with Crippen molar-refractivity contribution < 1.29 is 9.21 Å². The van der Waals surface area contributed by atoms with E-state index < -0.39 is 5.91 Å². The molecule has 32 heavy (non-hydrogen) atoms. The van der Waals surface area contributed by atoms with Crippen LogP contribution >= 0.6 is 11.3 Å². The summed E-state index contributed by atoms with van der Waals surface area (Å²) >= 11 is 1.32. The second-order valence-corrected chi connectivity index (χ2v) is 8.03. The van der Waals surface area contributed by atoms with Gasteiger partial charge in [-0.15, -0.1) is 11.3 Å². The van der Waals surface area contributed by atoms with Gasteiger partial charge in [-0.05, 0) is 31.2 Å². The molecule has 0 saturated carbocycles. The van der Waals surface area contributed by atoms with Crippen LogP contribution in [0.5, 0.6) is 0 Å². The van der Waals surface area contributed by atoms with E-state index in [9.17, 15) is 9.59 Å². The molecule has 3 heterocycles. The standard InChI is InChI=1S/C25H17N3O3S/c1-15-21(29)18-10-5-11-19(23(18)31-22(15)16-7-3-2-4-8-16)24(30)28-25-27-20(14-32-25)17-9-6-12-26-13-17/h2-14H,1H3,(H,27,28,30). The third kappa shape index (κ3) is 3.59. The first-order chi connectivity index (χ1) is 15.6. The molecule has 0 aliphatic rings. The fourth-order valence-corrected chi connectivity index (χ4v) is 4.21. The van der Waals surface area contributed by atoms with Crippen molar-refractivity contribution in [1.29, 1.82) is 0 Å². The van der Waals surface area contributed by atoms with E-state index >= 15 is 0 Å². The van der Waals surface area contributed by atoms with Crippen LogP contribution in [0.3, 0.4) is 0 Å². The number of carbonyl (C=O) groups excluding carboxylic acids is 1. The van der Waals surface area contributed by atoms with Gasteiger partial charge in [0.15, 0.2) is 16.1 Å². The molecular weight excluding hydrogens is 422 g/mol. The number of amides is 1. The summed E-state index contributed by atoms with van der Waals surface area (Å²) in [6, 6.07) is 18.1. The van der Waals surface area contributed by atoms with Crippen LogP contribution in [-0.2, 0) is 0 Å². The second kappa shape index (κ2) is 8.20. The van der Waals surface area contributed by atoms with E-state index in [1.54, 1.807) is 37.5 Å². The Labute approximate surface area is 187 Å². The number of thiazole rings is 1. The molecule has 1 amide bonds. The number of rotatable bonds is 4. The van der Waals surface area contributed by atoms with E-state index in [-0.39, 0.29) is 16.6 Å². The van der Waals surface area contributed by atoms with Crippen molar-refractivity contribution >= 4 is 33.3 Å². The summed E-state index contributed by atoms with van der Waals surface area (Å²) in [5.74, 6) is 0.0603. The molecule has 6 nitrogen and oxygen atoms in total. The SMILES string of the molecule is Cc1c(-c2ccccc2)oc2c(C(=O)Nc3nc(-c4cccnc4)cs3)cccc2c1=O. The predicted octanol–water partition coefficient (Wildman–Crippen LogP) is 5.54. The molecule has 2 aromatic carbocycles. The monoisotopic (exact) mass is 439 g/mol. The highest BCUT2D eigenvalue weighted by molar-refractivity contribution is 7.14. The van der Waals surface area contributed by atoms with Crippen LogP contribution in [0.1, 0.15) is 15.9 Å². The molecule has 0 spiro atoms. The first-order valence-electron chi connectivity index (χ1n) is 9.91. The number of para-hydroxylation sites is 1. The summed E-state index contributed by atoms with van der Waals surface area (Å²) in [5, 5.41) is 5.49. The van der Waals surface area contributed by atoms with Crippen molar-refractivity contribution in [1.82, 2.24) is 9.97 Å². The first kappa shape index (κ1) is 19.8. The van der Waals surface area contributed by atoms with E-state index in [1.807, 2.05) is 47.8 Å². The highest BCUT2D eigenvalue weighted by Crippen LogP contribution is 2.29. The molecule has 7 heteroatoms. The minimum Gasteiger partial charge on any atom is -0.455 e. The Morgan fingerprint density at radius 2 is 1.81 bits per heavy atom. The molecule has 0 aliphatic heterocycles. The number of pyridine rings is 1. The number of benzene rings is 2. The van der Waals surface area contributed by atoms with Crippen LogP contribution in [0.4, 0.5) is 5.13 Å². The van der Waals surface area contributed by atoms with E-state index in [2.05, 4.69) is 15.3 Å². The molecule has 0 fully saturated rings. The number of fused-ring (bicyclic) bond motifs is 1. The van der Waals surface area contributed by atoms with Gasteiger partial charge in [0.2, 0.25) is 0 Å². The lowest BCUT2D eigenvalue weighted by molar-refractivity contribution is 0.102. The topological polar surface area (TPSA) is 85.1 Å². The van der Waals surface area contributed by atoms with Crippen molar-refractivity contribution in [2.75, 3.05) is 5.32 Å².